The van der Waals surface area contributed by atoms with Crippen LogP contribution >= 0.6 is 0 Å². The van der Waals surface area contributed by atoms with Crippen LogP contribution in [0, 0.1) is 0 Å². The minimum atomic E-state index is -1.23. The molecule has 1 unspecified atom stereocenters. The maximum atomic E-state index is 12.5. The van der Waals surface area contributed by atoms with Gasteiger partial charge in [-0.1, -0.05) is 78.9 Å². The van der Waals surface area contributed by atoms with Crippen LogP contribution in [0.5, 0.6) is 11.5 Å². The van der Waals surface area contributed by atoms with Crippen LogP contribution in [0.3, 0.4) is 0 Å². The van der Waals surface area contributed by atoms with E-state index in [1.165, 1.54) is 12.3 Å². The zero-order valence-corrected chi connectivity index (χ0v) is 16.8. The van der Waals surface area contributed by atoms with Crippen molar-refractivity contribution in [1.29, 1.82) is 0 Å². The van der Waals surface area contributed by atoms with Crippen LogP contribution in [-0.2, 0) is 13.2 Å². The molecule has 31 heavy (non-hydrogen) atoms. The number of rotatable bonds is 8. The minimum Gasteiger partial charge on any atom is -0.489 e. The molecule has 1 heterocycles. The number of para-hydroxylation sites is 1. The second-order valence-corrected chi connectivity index (χ2v) is 6.97. The molecule has 4 aromatic rings. The van der Waals surface area contributed by atoms with Crippen molar-refractivity contribution in [3.05, 3.63) is 130 Å². The molecule has 0 aliphatic carbocycles. The van der Waals surface area contributed by atoms with E-state index < -0.39 is 6.10 Å². The van der Waals surface area contributed by atoms with Gasteiger partial charge in [0.05, 0.1) is 6.26 Å². The molecule has 5 heteroatoms. The van der Waals surface area contributed by atoms with E-state index in [1.807, 2.05) is 66.7 Å². The first kappa shape index (κ1) is 20.4. The van der Waals surface area contributed by atoms with E-state index in [9.17, 15) is 9.90 Å². The number of ether oxygens (including phenoxy) is 2. The van der Waals surface area contributed by atoms with Crippen LogP contribution in [-0.4, -0.2) is 5.11 Å². The Labute approximate surface area is 180 Å². The first-order valence-corrected chi connectivity index (χ1v) is 9.94. The number of hydrogen-bond donors (Lipinski definition) is 1. The Morgan fingerprint density at radius 2 is 1.32 bits per heavy atom. The maximum absolute atomic E-state index is 12.5. The molecule has 5 nitrogen and oxygen atoms in total. The highest BCUT2D eigenvalue weighted by molar-refractivity contribution is 5.41. The van der Waals surface area contributed by atoms with E-state index in [2.05, 4.69) is 0 Å². The average Bonchev–Trinajstić information content (AvgIpc) is 2.83. The largest absolute Gasteiger partial charge is 0.489 e. The zero-order chi connectivity index (χ0) is 21.5. The molecule has 0 aliphatic heterocycles. The van der Waals surface area contributed by atoms with Crippen LogP contribution < -0.4 is 14.9 Å². The lowest BCUT2D eigenvalue weighted by Crippen LogP contribution is -2.13. The molecular formula is C26H22O5. The van der Waals surface area contributed by atoms with Gasteiger partial charge in [0.25, 0.3) is 0 Å². The van der Waals surface area contributed by atoms with Crippen molar-refractivity contribution in [2.45, 2.75) is 19.3 Å². The minimum absolute atomic E-state index is 0.0169. The lowest BCUT2D eigenvalue weighted by atomic mass is 10.0. The molecule has 0 bridgehead atoms. The van der Waals surface area contributed by atoms with Gasteiger partial charge in [0.15, 0.2) is 5.76 Å². The molecule has 0 spiro atoms. The fraction of sp³-hybridized carbons (Fsp3) is 0.115. The topological polar surface area (TPSA) is 68.9 Å². The van der Waals surface area contributed by atoms with E-state index in [4.69, 9.17) is 13.9 Å². The molecule has 1 aromatic heterocycles. The number of benzene rings is 3. The van der Waals surface area contributed by atoms with Gasteiger partial charge in [-0.05, 0) is 17.2 Å². The van der Waals surface area contributed by atoms with Crippen LogP contribution in [0.15, 0.2) is 106 Å². The Morgan fingerprint density at radius 1 is 0.742 bits per heavy atom. The van der Waals surface area contributed by atoms with Gasteiger partial charge in [0.2, 0.25) is 11.2 Å². The van der Waals surface area contributed by atoms with E-state index in [-0.39, 0.29) is 23.5 Å². The maximum Gasteiger partial charge on any atom is 0.227 e. The van der Waals surface area contributed by atoms with E-state index in [1.54, 1.807) is 18.2 Å². The molecule has 0 saturated carbocycles. The van der Waals surface area contributed by atoms with E-state index in [0.29, 0.717) is 17.9 Å². The molecule has 0 radical (unpaired) electrons. The van der Waals surface area contributed by atoms with Crippen molar-refractivity contribution in [2.75, 3.05) is 0 Å². The summed E-state index contributed by atoms with van der Waals surface area (Å²) in [5.74, 6) is 0.523. The Kier molecular flexibility index (Phi) is 6.45. The van der Waals surface area contributed by atoms with Crippen LogP contribution in [0.1, 0.15) is 28.6 Å². The van der Waals surface area contributed by atoms with Crippen LogP contribution in [0.2, 0.25) is 0 Å². The molecule has 156 valence electrons. The summed E-state index contributed by atoms with van der Waals surface area (Å²) in [5, 5.41) is 11.1. The molecular weight excluding hydrogens is 392 g/mol. The molecule has 4 rings (SSSR count). The van der Waals surface area contributed by atoms with Crippen molar-refractivity contribution in [3.8, 4) is 11.5 Å². The summed E-state index contributed by atoms with van der Waals surface area (Å²) >= 11 is 0. The van der Waals surface area contributed by atoms with Crippen LogP contribution in [0.25, 0.3) is 0 Å². The van der Waals surface area contributed by atoms with E-state index >= 15 is 0 Å². The predicted molar refractivity (Wildman–Crippen MR) is 117 cm³/mol. The Morgan fingerprint density at radius 3 is 2.00 bits per heavy atom. The standard InChI is InChI=1S/C26H22O5/c27-22-15-16-29-26(25(22)31-18-20-11-5-2-6-12-20)24(28)21-13-7-8-14-23(21)30-17-19-9-3-1-4-10-19/h1-16,24,28H,17-18H2. The first-order valence-electron chi connectivity index (χ1n) is 9.94. The van der Waals surface area contributed by atoms with Gasteiger partial charge in [0.1, 0.15) is 25.1 Å². The Hall–Kier alpha value is -3.83. The zero-order valence-electron chi connectivity index (χ0n) is 16.8. The predicted octanol–water partition coefficient (Wildman–Crippen LogP) is 4.88. The fourth-order valence-electron chi connectivity index (χ4n) is 3.19. The molecule has 0 amide bonds. The number of hydrogen-bond acceptors (Lipinski definition) is 5. The summed E-state index contributed by atoms with van der Waals surface area (Å²) < 4.78 is 17.2. The summed E-state index contributed by atoms with van der Waals surface area (Å²) in [5.41, 5.74) is 2.03. The molecule has 0 aliphatic rings. The van der Waals surface area contributed by atoms with Crippen molar-refractivity contribution in [1.82, 2.24) is 0 Å². The lowest BCUT2D eigenvalue weighted by Gasteiger charge is -2.17. The monoisotopic (exact) mass is 414 g/mol. The van der Waals surface area contributed by atoms with Crippen molar-refractivity contribution in [2.24, 2.45) is 0 Å². The third-order valence-corrected chi connectivity index (χ3v) is 4.79. The summed E-state index contributed by atoms with van der Waals surface area (Å²) in [6.07, 6.45) is 0.0237. The van der Waals surface area contributed by atoms with Gasteiger partial charge in [-0.15, -0.1) is 0 Å². The summed E-state index contributed by atoms with van der Waals surface area (Å²) in [6.45, 7) is 0.530. The highest BCUT2D eigenvalue weighted by atomic mass is 16.5. The summed E-state index contributed by atoms with van der Waals surface area (Å²) in [4.78, 5) is 12.5. The third-order valence-electron chi connectivity index (χ3n) is 4.79. The SMILES string of the molecule is O=c1ccoc(C(O)c2ccccc2OCc2ccccc2)c1OCc1ccccc1. The second kappa shape index (κ2) is 9.78. The lowest BCUT2D eigenvalue weighted by molar-refractivity contribution is 0.165. The second-order valence-electron chi connectivity index (χ2n) is 6.97. The Balaban J connectivity index is 1.59. The van der Waals surface area contributed by atoms with Gasteiger partial charge in [0, 0.05) is 11.6 Å². The molecule has 1 atom stereocenters. The molecule has 3 aromatic carbocycles. The van der Waals surface area contributed by atoms with Gasteiger partial charge < -0.3 is 19.0 Å². The van der Waals surface area contributed by atoms with Crippen molar-refractivity contribution >= 4 is 0 Å². The van der Waals surface area contributed by atoms with E-state index in [0.717, 1.165) is 11.1 Å². The highest BCUT2D eigenvalue weighted by Crippen LogP contribution is 2.33. The van der Waals surface area contributed by atoms with Crippen molar-refractivity contribution in [3.63, 3.8) is 0 Å². The Bertz CT molecular complexity index is 1170. The smallest absolute Gasteiger partial charge is 0.227 e. The average molecular weight is 414 g/mol. The normalized spacial score (nSPS) is 11.6. The quantitative estimate of drug-likeness (QED) is 0.445. The fourth-order valence-corrected chi connectivity index (χ4v) is 3.19. The summed E-state index contributed by atoms with van der Waals surface area (Å²) in [6, 6.07) is 27.6. The number of aliphatic hydroxyl groups excluding tert-OH is 1. The van der Waals surface area contributed by atoms with Gasteiger partial charge in [-0.25, -0.2) is 0 Å². The van der Waals surface area contributed by atoms with Gasteiger partial charge >= 0.3 is 0 Å². The summed E-state index contributed by atoms with van der Waals surface area (Å²) in [7, 11) is 0. The molecule has 1 N–H and O–H groups in total. The van der Waals surface area contributed by atoms with Crippen molar-refractivity contribution < 1.29 is 19.0 Å². The third kappa shape index (κ3) is 5.02. The first-order chi connectivity index (χ1) is 15.2. The molecule has 0 saturated heterocycles. The highest BCUT2D eigenvalue weighted by Gasteiger charge is 2.24. The van der Waals surface area contributed by atoms with Crippen LogP contribution in [0.4, 0.5) is 0 Å². The molecule has 0 fully saturated rings. The number of aliphatic hydroxyl groups is 1. The van der Waals surface area contributed by atoms with Gasteiger partial charge in [-0.2, -0.15) is 0 Å². The van der Waals surface area contributed by atoms with Gasteiger partial charge in [-0.3, -0.25) is 4.79 Å².